The topological polar surface area (TPSA) is 75.7 Å². The molecule has 3 aromatic rings. The molecule has 2 aliphatic heterocycles. The van der Waals surface area contributed by atoms with E-state index in [2.05, 4.69) is 5.32 Å². The third kappa shape index (κ3) is 3.41. The van der Waals surface area contributed by atoms with Crippen molar-refractivity contribution in [1.82, 2.24) is 10.2 Å². The highest BCUT2D eigenvalue weighted by molar-refractivity contribution is 6.21. The zero-order valence-electron chi connectivity index (χ0n) is 17.0. The molecule has 2 atom stereocenters. The van der Waals surface area contributed by atoms with E-state index in [9.17, 15) is 18.8 Å². The van der Waals surface area contributed by atoms with E-state index in [1.165, 1.54) is 17.0 Å². The molecule has 3 amide bonds. The van der Waals surface area contributed by atoms with E-state index in [0.29, 0.717) is 28.0 Å². The van der Waals surface area contributed by atoms with Crippen LogP contribution < -0.4 is 10.1 Å². The van der Waals surface area contributed by atoms with Gasteiger partial charge in [0.25, 0.3) is 11.8 Å². The van der Waals surface area contributed by atoms with Crippen molar-refractivity contribution in [3.8, 4) is 5.75 Å². The smallest absolute Gasteiger partial charge is 0.262 e. The van der Waals surface area contributed by atoms with Crippen LogP contribution in [0, 0.1) is 5.82 Å². The Morgan fingerprint density at radius 3 is 2.25 bits per heavy atom. The quantitative estimate of drug-likeness (QED) is 0.645. The summed E-state index contributed by atoms with van der Waals surface area (Å²) in [7, 11) is 0. The lowest BCUT2D eigenvalue weighted by atomic mass is 9.94. The molecule has 160 valence electrons. The van der Waals surface area contributed by atoms with Crippen LogP contribution in [0.1, 0.15) is 37.9 Å². The number of carbonyl (C=O) groups is 3. The zero-order valence-corrected chi connectivity index (χ0v) is 17.0. The minimum atomic E-state index is -0.718. The average molecular weight is 430 g/mol. The number of nitrogens with one attached hydrogen (secondary N) is 1. The molecular formula is C25H19FN2O4. The summed E-state index contributed by atoms with van der Waals surface area (Å²) in [6.45, 7) is 0.101. The van der Waals surface area contributed by atoms with Crippen LogP contribution in [0.5, 0.6) is 5.75 Å². The molecule has 0 saturated heterocycles. The van der Waals surface area contributed by atoms with Crippen LogP contribution in [0.3, 0.4) is 0 Å². The van der Waals surface area contributed by atoms with Gasteiger partial charge in [-0.25, -0.2) is 4.39 Å². The number of hydrogen-bond donors (Lipinski definition) is 1. The Morgan fingerprint density at radius 1 is 0.938 bits per heavy atom. The molecule has 0 aromatic heterocycles. The number of amides is 3. The number of halogens is 1. The van der Waals surface area contributed by atoms with Crippen molar-refractivity contribution in [2.45, 2.75) is 18.5 Å². The molecule has 0 bridgehead atoms. The van der Waals surface area contributed by atoms with Crippen molar-refractivity contribution in [2.75, 3.05) is 6.61 Å². The fourth-order valence-electron chi connectivity index (χ4n) is 4.29. The van der Waals surface area contributed by atoms with Gasteiger partial charge in [-0.3, -0.25) is 19.3 Å². The van der Waals surface area contributed by atoms with Gasteiger partial charge < -0.3 is 10.1 Å². The Balaban J connectivity index is 1.46. The van der Waals surface area contributed by atoms with E-state index in [1.807, 2.05) is 6.07 Å². The number of hydrogen-bond acceptors (Lipinski definition) is 4. The molecule has 0 aliphatic carbocycles. The van der Waals surface area contributed by atoms with Gasteiger partial charge in [0, 0.05) is 5.56 Å². The first-order valence-corrected chi connectivity index (χ1v) is 10.3. The minimum absolute atomic E-state index is 0.0350. The summed E-state index contributed by atoms with van der Waals surface area (Å²) < 4.78 is 19.0. The van der Waals surface area contributed by atoms with Gasteiger partial charge in [0.1, 0.15) is 18.2 Å². The van der Waals surface area contributed by atoms with Gasteiger partial charge in [0.2, 0.25) is 5.91 Å². The summed E-state index contributed by atoms with van der Waals surface area (Å²) >= 11 is 0. The van der Waals surface area contributed by atoms with Gasteiger partial charge in [-0.2, -0.15) is 0 Å². The van der Waals surface area contributed by atoms with Crippen LogP contribution in [0.4, 0.5) is 4.39 Å². The predicted molar refractivity (Wildman–Crippen MR) is 114 cm³/mol. The summed E-state index contributed by atoms with van der Waals surface area (Å²) in [4.78, 5) is 40.4. The molecule has 3 aromatic carbocycles. The molecule has 7 heteroatoms. The third-order valence-corrected chi connectivity index (χ3v) is 5.77. The summed E-state index contributed by atoms with van der Waals surface area (Å²) in [5.41, 5.74) is 1.99. The highest BCUT2D eigenvalue weighted by Crippen LogP contribution is 2.40. The standard InChI is InChI=1S/C25H19FN2O4/c26-16-11-9-15(10-12-16)13-22(29)27-20-14-32-21-8-4-3-7-19(21)23(20)28-24(30)17-5-1-2-6-18(17)25(28)31/h1-12,20,23H,13-14H2,(H,27,29). The summed E-state index contributed by atoms with van der Waals surface area (Å²) in [6.07, 6.45) is 0.0350. The summed E-state index contributed by atoms with van der Waals surface area (Å²) in [6, 6.07) is 18.2. The van der Waals surface area contributed by atoms with Gasteiger partial charge in [-0.05, 0) is 35.9 Å². The van der Waals surface area contributed by atoms with E-state index in [4.69, 9.17) is 4.74 Å². The van der Waals surface area contributed by atoms with Gasteiger partial charge in [-0.1, -0.05) is 42.5 Å². The Morgan fingerprint density at radius 2 is 1.56 bits per heavy atom. The number of ether oxygens (including phenoxy) is 1. The van der Waals surface area contributed by atoms with Crippen LogP contribution in [0.15, 0.2) is 72.8 Å². The van der Waals surface area contributed by atoms with Crippen molar-refractivity contribution in [3.63, 3.8) is 0 Å². The first-order valence-electron chi connectivity index (χ1n) is 10.3. The molecule has 0 saturated carbocycles. The highest BCUT2D eigenvalue weighted by atomic mass is 19.1. The maximum atomic E-state index is 13.2. The third-order valence-electron chi connectivity index (χ3n) is 5.77. The second-order valence-corrected chi connectivity index (χ2v) is 7.80. The molecule has 2 aliphatic rings. The molecule has 32 heavy (non-hydrogen) atoms. The first kappa shape index (κ1) is 19.9. The van der Waals surface area contributed by atoms with E-state index in [1.54, 1.807) is 54.6 Å². The van der Waals surface area contributed by atoms with E-state index >= 15 is 0 Å². The van der Waals surface area contributed by atoms with Crippen molar-refractivity contribution in [1.29, 1.82) is 0 Å². The molecule has 0 radical (unpaired) electrons. The van der Waals surface area contributed by atoms with E-state index in [0.717, 1.165) is 0 Å². The van der Waals surface area contributed by atoms with Crippen LogP contribution in [0.25, 0.3) is 0 Å². The minimum Gasteiger partial charge on any atom is -0.491 e. The lowest BCUT2D eigenvalue weighted by molar-refractivity contribution is -0.122. The fraction of sp³-hybridized carbons (Fsp3) is 0.160. The Labute approximate surface area is 183 Å². The first-order chi connectivity index (χ1) is 15.5. The van der Waals surface area contributed by atoms with Gasteiger partial charge in [-0.15, -0.1) is 0 Å². The highest BCUT2D eigenvalue weighted by Gasteiger charge is 2.46. The normalized spacial score (nSPS) is 19.2. The molecule has 0 fully saturated rings. The fourth-order valence-corrected chi connectivity index (χ4v) is 4.29. The number of benzene rings is 3. The Bertz CT molecular complexity index is 1190. The second kappa shape index (κ2) is 7.92. The van der Waals surface area contributed by atoms with Crippen LogP contribution in [-0.2, 0) is 11.2 Å². The molecule has 6 nitrogen and oxygen atoms in total. The molecule has 2 heterocycles. The molecule has 1 N–H and O–H groups in total. The van der Waals surface area contributed by atoms with Crippen molar-refractivity contribution in [2.24, 2.45) is 0 Å². The average Bonchev–Trinajstić information content (AvgIpc) is 3.05. The Kier molecular flexibility index (Phi) is 4.93. The SMILES string of the molecule is O=C(Cc1ccc(F)cc1)NC1COc2ccccc2C1N1C(=O)c2ccccc2C1=O. The number of imide groups is 1. The Hall–Kier alpha value is -4.00. The number of rotatable bonds is 4. The van der Waals surface area contributed by atoms with Crippen molar-refractivity contribution in [3.05, 3.63) is 101 Å². The van der Waals surface area contributed by atoms with Crippen LogP contribution >= 0.6 is 0 Å². The number of nitrogens with zero attached hydrogens (tertiary/aromatic N) is 1. The maximum absolute atomic E-state index is 13.2. The maximum Gasteiger partial charge on any atom is 0.262 e. The lowest BCUT2D eigenvalue weighted by Gasteiger charge is -2.38. The number of para-hydroxylation sites is 1. The molecule has 0 spiro atoms. The zero-order chi connectivity index (χ0) is 22.2. The molecule has 2 unspecified atom stereocenters. The van der Waals surface area contributed by atoms with Gasteiger partial charge >= 0.3 is 0 Å². The number of carbonyl (C=O) groups excluding carboxylic acids is 3. The van der Waals surface area contributed by atoms with E-state index in [-0.39, 0.29) is 24.8 Å². The van der Waals surface area contributed by atoms with Crippen LogP contribution in [-0.4, -0.2) is 35.3 Å². The van der Waals surface area contributed by atoms with Gasteiger partial charge in [0.15, 0.2) is 0 Å². The number of fused-ring (bicyclic) bond motifs is 2. The molecular weight excluding hydrogens is 411 g/mol. The lowest BCUT2D eigenvalue weighted by Crippen LogP contribution is -2.53. The summed E-state index contributed by atoms with van der Waals surface area (Å²) in [5, 5.41) is 2.91. The van der Waals surface area contributed by atoms with Crippen molar-refractivity contribution >= 4 is 17.7 Å². The van der Waals surface area contributed by atoms with E-state index < -0.39 is 23.9 Å². The second-order valence-electron chi connectivity index (χ2n) is 7.80. The predicted octanol–water partition coefficient (Wildman–Crippen LogP) is 3.28. The van der Waals surface area contributed by atoms with Gasteiger partial charge in [0.05, 0.1) is 29.6 Å². The summed E-state index contributed by atoms with van der Waals surface area (Å²) in [5.74, 6) is -0.920. The van der Waals surface area contributed by atoms with Crippen LogP contribution in [0.2, 0.25) is 0 Å². The largest absolute Gasteiger partial charge is 0.491 e. The molecule has 5 rings (SSSR count). The van der Waals surface area contributed by atoms with Crippen molar-refractivity contribution < 1.29 is 23.5 Å². The monoisotopic (exact) mass is 430 g/mol.